The zero-order chi connectivity index (χ0) is 48.6. The van der Waals surface area contributed by atoms with Crippen molar-refractivity contribution in [2.45, 2.75) is 341 Å². The molecule has 0 aromatic rings. The Kier molecular flexibility index (Phi) is 55.5. The summed E-state index contributed by atoms with van der Waals surface area (Å²) in [5.74, 6) is -0.0377. The van der Waals surface area contributed by atoms with Gasteiger partial charge in [-0.2, -0.15) is 0 Å². The third-order valence-electron chi connectivity index (χ3n) is 14.0. The van der Waals surface area contributed by atoms with Crippen LogP contribution < -0.4 is 5.32 Å². The minimum atomic E-state index is -0.667. The van der Waals surface area contributed by atoms with Crippen LogP contribution in [0.15, 0.2) is 24.3 Å². The molecular weight excluding hydrogens is 827 g/mol. The van der Waals surface area contributed by atoms with E-state index in [-0.39, 0.29) is 18.5 Å². The van der Waals surface area contributed by atoms with E-state index in [1.807, 2.05) is 0 Å². The molecule has 0 rings (SSSR count). The lowest BCUT2D eigenvalue weighted by Gasteiger charge is -2.22. The van der Waals surface area contributed by atoms with Crippen LogP contribution in [0.1, 0.15) is 328 Å². The van der Waals surface area contributed by atoms with E-state index in [4.69, 9.17) is 4.74 Å². The zero-order valence-electron chi connectivity index (χ0n) is 45.1. The average molecular weight is 945 g/mol. The molecule has 2 unspecified atom stereocenters. The van der Waals surface area contributed by atoms with E-state index >= 15 is 0 Å². The molecule has 0 aromatic heterocycles. The first kappa shape index (κ1) is 65.3. The second-order valence-corrected chi connectivity index (χ2v) is 20.7. The molecule has 3 N–H and O–H groups in total. The minimum absolute atomic E-state index is 0.00240. The number of nitrogens with one attached hydrogen (secondary N) is 1. The van der Waals surface area contributed by atoms with Crippen molar-refractivity contribution < 1.29 is 24.5 Å². The van der Waals surface area contributed by atoms with Crippen molar-refractivity contribution in [1.82, 2.24) is 5.32 Å². The maximum atomic E-state index is 12.5. The van der Waals surface area contributed by atoms with Gasteiger partial charge in [0.1, 0.15) is 0 Å². The molecule has 0 saturated heterocycles. The first-order valence-corrected chi connectivity index (χ1v) is 30.1. The highest BCUT2D eigenvalue weighted by Gasteiger charge is 2.20. The first-order valence-electron chi connectivity index (χ1n) is 30.1. The van der Waals surface area contributed by atoms with Crippen molar-refractivity contribution in [3.05, 3.63) is 24.3 Å². The SMILES string of the molecule is CCCCCC/C=C\CCCCCCCC(=O)OCCCCCCCCCCCCCC/C=C\CCCCCCCCCC(=O)NC(CO)C(O)CCCCCCCCCCCCCCCC. The number of rotatable bonds is 56. The molecule has 0 aliphatic carbocycles. The smallest absolute Gasteiger partial charge is 0.305 e. The van der Waals surface area contributed by atoms with Gasteiger partial charge in [-0.25, -0.2) is 0 Å². The maximum Gasteiger partial charge on any atom is 0.305 e. The van der Waals surface area contributed by atoms with Gasteiger partial charge in [-0.3, -0.25) is 9.59 Å². The maximum absolute atomic E-state index is 12.5. The van der Waals surface area contributed by atoms with Crippen molar-refractivity contribution >= 4 is 11.9 Å². The van der Waals surface area contributed by atoms with E-state index in [2.05, 4.69) is 43.5 Å². The molecule has 0 aliphatic heterocycles. The summed E-state index contributed by atoms with van der Waals surface area (Å²) < 4.78 is 5.47. The molecule has 396 valence electrons. The van der Waals surface area contributed by atoms with E-state index in [1.165, 1.54) is 250 Å². The predicted molar refractivity (Wildman–Crippen MR) is 292 cm³/mol. The third-order valence-corrected chi connectivity index (χ3v) is 14.0. The van der Waals surface area contributed by atoms with Crippen LogP contribution in [0.2, 0.25) is 0 Å². The normalized spacial score (nSPS) is 12.7. The largest absolute Gasteiger partial charge is 0.466 e. The van der Waals surface area contributed by atoms with Crippen LogP contribution in [-0.4, -0.2) is 47.4 Å². The van der Waals surface area contributed by atoms with E-state index < -0.39 is 12.1 Å². The molecule has 1 amide bonds. The monoisotopic (exact) mass is 944 g/mol. The standard InChI is InChI=1S/C61H117NO5/c1-3-5-7-9-11-13-15-17-30-33-37-41-45-49-53-59(64)58(57-63)62-60(65)54-50-46-42-38-34-31-27-25-23-21-19-18-20-22-24-26-28-32-36-40-44-48-52-56-67-61(66)55-51-47-43-39-35-29-16-14-12-10-8-6-4-2/h14,16,21,23,58-59,63-64H,3-13,15,17-20,22,24-57H2,1-2H3,(H,62,65)/b16-14-,23-21-. The van der Waals surface area contributed by atoms with Crippen LogP contribution >= 0.6 is 0 Å². The summed E-state index contributed by atoms with van der Waals surface area (Å²) >= 11 is 0. The van der Waals surface area contributed by atoms with Crippen LogP contribution in [0.3, 0.4) is 0 Å². The van der Waals surface area contributed by atoms with Gasteiger partial charge in [-0.15, -0.1) is 0 Å². The molecule has 6 heteroatoms. The van der Waals surface area contributed by atoms with E-state index in [9.17, 15) is 19.8 Å². The molecular formula is C61H117NO5. The number of hydrogen-bond donors (Lipinski definition) is 3. The number of aliphatic hydroxyl groups is 2. The Bertz CT molecular complexity index is 1040. The number of carbonyl (C=O) groups is 2. The van der Waals surface area contributed by atoms with Gasteiger partial charge < -0.3 is 20.3 Å². The fourth-order valence-corrected chi connectivity index (χ4v) is 9.34. The number of esters is 1. The van der Waals surface area contributed by atoms with Crippen LogP contribution in [0.5, 0.6) is 0 Å². The molecule has 0 radical (unpaired) electrons. The topological polar surface area (TPSA) is 95.9 Å². The lowest BCUT2D eigenvalue weighted by molar-refractivity contribution is -0.143. The minimum Gasteiger partial charge on any atom is -0.466 e. The Labute approximate surface area is 418 Å². The number of aliphatic hydroxyl groups excluding tert-OH is 2. The molecule has 0 aliphatic rings. The number of hydrogen-bond acceptors (Lipinski definition) is 5. The van der Waals surface area contributed by atoms with Gasteiger partial charge in [-0.1, -0.05) is 263 Å². The molecule has 67 heavy (non-hydrogen) atoms. The number of amides is 1. The fourth-order valence-electron chi connectivity index (χ4n) is 9.34. The molecule has 0 aromatic carbocycles. The Morgan fingerprint density at radius 1 is 0.403 bits per heavy atom. The first-order chi connectivity index (χ1) is 33.0. The summed E-state index contributed by atoms with van der Waals surface area (Å²) in [6, 6.07) is -0.545. The zero-order valence-corrected chi connectivity index (χ0v) is 45.1. The van der Waals surface area contributed by atoms with Gasteiger partial charge in [0.15, 0.2) is 0 Å². The van der Waals surface area contributed by atoms with Crippen molar-refractivity contribution in [2.75, 3.05) is 13.2 Å². The van der Waals surface area contributed by atoms with Crippen LogP contribution in [0.4, 0.5) is 0 Å². The summed E-state index contributed by atoms with van der Waals surface area (Å²) in [7, 11) is 0. The van der Waals surface area contributed by atoms with Crippen molar-refractivity contribution in [3.8, 4) is 0 Å². The van der Waals surface area contributed by atoms with E-state index in [0.29, 0.717) is 25.9 Å². The lowest BCUT2D eigenvalue weighted by atomic mass is 10.0. The fraction of sp³-hybridized carbons (Fsp3) is 0.902. The second kappa shape index (κ2) is 56.9. The number of ether oxygens (including phenoxy) is 1. The second-order valence-electron chi connectivity index (χ2n) is 20.7. The summed E-state index contributed by atoms with van der Waals surface area (Å²) in [5, 5.41) is 23.3. The van der Waals surface area contributed by atoms with Crippen LogP contribution in [-0.2, 0) is 14.3 Å². The average Bonchev–Trinajstić information content (AvgIpc) is 3.33. The molecule has 0 fully saturated rings. The molecule has 0 saturated carbocycles. The van der Waals surface area contributed by atoms with Crippen molar-refractivity contribution in [2.24, 2.45) is 0 Å². The molecule has 0 heterocycles. The molecule has 0 spiro atoms. The number of unbranched alkanes of at least 4 members (excludes halogenated alkanes) is 41. The van der Waals surface area contributed by atoms with Gasteiger partial charge in [0, 0.05) is 12.8 Å². The molecule has 2 atom stereocenters. The van der Waals surface area contributed by atoms with Gasteiger partial charge in [0.2, 0.25) is 5.91 Å². The highest BCUT2D eigenvalue weighted by molar-refractivity contribution is 5.76. The van der Waals surface area contributed by atoms with Crippen molar-refractivity contribution in [3.63, 3.8) is 0 Å². The van der Waals surface area contributed by atoms with Gasteiger partial charge in [-0.05, 0) is 77.0 Å². The summed E-state index contributed by atoms with van der Waals surface area (Å²) in [5.41, 5.74) is 0. The summed E-state index contributed by atoms with van der Waals surface area (Å²) in [6.45, 7) is 4.94. The Morgan fingerprint density at radius 2 is 0.701 bits per heavy atom. The highest BCUT2D eigenvalue weighted by Crippen LogP contribution is 2.17. The van der Waals surface area contributed by atoms with Crippen molar-refractivity contribution in [1.29, 1.82) is 0 Å². The number of carbonyl (C=O) groups excluding carboxylic acids is 2. The van der Waals surface area contributed by atoms with Gasteiger partial charge in [0.25, 0.3) is 0 Å². The Morgan fingerprint density at radius 3 is 1.07 bits per heavy atom. The quantitative estimate of drug-likeness (QED) is 0.0321. The van der Waals surface area contributed by atoms with Gasteiger partial charge >= 0.3 is 5.97 Å². The van der Waals surface area contributed by atoms with Gasteiger partial charge in [0.05, 0.1) is 25.4 Å². The Balaban J connectivity index is 3.41. The molecule has 0 bridgehead atoms. The lowest BCUT2D eigenvalue weighted by Crippen LogP contribution is -2.45. The molecule has 6 nitrogen and oxygen atoms in total. The highest BCUT2D eigenvalue weighted by atomic mass is 16.5. The summed E-state index contributed by atoms with van der Waals surface area (Å²) in [4.78, 5) is 24.5. The Hall–Kier alpha value is -1.66. The third kappa shape index (κ3) is 53.5. The van der Waals surface area contributed by atoms with Crippen LogP contribution in [0, 0.1) is 0 Å². The van der Waals surface area contributed by atoms with Crippen LogP contribution in [0.25, 0.3) is 0 Å². The number of allylic oxidation sites excluding steroid dienone is 4. The van der Waals surface area contributed by atoms with E-state index in [0.717, 1.165) is 44.9 Å². The predicted octanol–water partition coefficient (Wildman–Crippen LogP) is 18.6. The van der Waals surface area contributed by atoms with E-state index in [1.54, 1.807) is 0 Å². The summed E-state index contributed by atoms with van der Waals surface area (Å²) in [6.07, 6.45) is 68.9.